The van der Waals surface area contributed by atoms with Gasteiger partial charge in [0.2, 0.25) is 5.91 Å². The Balaban J connectivity index is 1.24. The normalized spacial score (nSPS) is 17.7. The molecule has 3 heterocycles. The second kappa shape index (κ2) is 10.5. The average Bonchev–Trinajstić information content (AvgIpc) is 3.26. The van der Waals surface area contributed by atoms with Crippen molar-refractivity contribution in [2.75, 3.05) is 56.6 Å². The van der Waals surface area contributed by atoms with Gasteiger partial charge in [0, 0.05) is 71.2 Å². The predicted molar refractivity (Wildman–Crippen MR) is 129 cm³/mol. The van der Waals surface area contributed by atoms with E-state index in [1.807, 2.05) is 23.2 Å². The number of rotatable bonds is 6. The molecule has 2 N–H and O–H groups in total. The van der Waals surface area contributed by atoms with E-state index < -0.39 is 0 Å². The molecule has 1 amide bonds. The van der Waals surface area contributed by atoms with E-state index in [1.54, 1.807) is 7.05 Å². The molecule has 1 aromatic carbocycles. The molecular formula is C24H33N7O. The van der Waals surface area contributed by atoms with Crippen molar-refractivity contribution in [2.24, 2.45) is 4.99 Å². The molecule has 2 aliphatic heterocycles. The minimum Gasteiger partial charge on any atom is -0.354 e. The van der Waals surface area contributed by atoms with Gasteiger partial charge in [0.1, 0.15) is 5.82 Å². The van der Waals surface area contributed by atoms with Gasteiger partial charge < -0.3 is 25.3 Å². The highest BCUT2D eigenvalue weighted by atomic mass is 16.2. The van der Waals surface area contributed by atoms with Crippen molar-refractivity contribution in [2.45, 2.75) is 25.9 Å². The summed E-state index contributed by atoms with van der Waals surface area (Å²) >= 11 is 0. The van der Waals surface area contributed by atoms with Crippen LogP contribution in [-0.4, -0.2) is 68.6 Å². The zero-order chi connectivity index (χ0) is 22.3. The summed E-state index contributed by atoms with van der Waals surface area (Å²) in [5.41, 5.74) is 3.23. The molecule has 1 aromatic heterocycles. The lowest BCUT2D eigenvalue weighted by Crippen LogP contribution is -2.44. The molecule has 2 saturated heterocycles. The van der Waals surface area contributed by atoms with Crippen molar-refractivity contribution in [1.82, 2.24) is 20.5 Å². The molecule has 0 saturated carbocycles. The minimum absolute atomic E-state index is 0.214. The molecule has 0 atom stereocenters. The van der Waals surface area contributed by atoms with E-state index in [-0.39, 0.29) is 5.91 Å². The number of nitrogens with zero attached hydrogens (tertiary/aromatic N) is 5. The number of piperazine rings is 1. The van der Waals surface area contributed by atoms with Gasteiger partial charge in [-0.05, 0) is 42.8 Å². The topological polar surface area (TPSA) is 76.1 Å². The maximum absolute atomic E-state index is 11.9. The lowest BCUT2D eigenvalue weighted by atomic mass is 10.2. The smallest absolute Gasteiger partial charge is 0.227 e. The first kappa shape index (κ1) is 22.1. The van der Waals surface area contributed by atoms with E-state index in [9.17, 15) is 4.79 Å². The van der Waals surface area contributed by atoms with Crippen LogP contribution in [0.4, 0.5) is 11.5 Å². The van der Waals surface area contributed by atoms with Crippen molar-refractivity contribution < 1.29 is 4.79 Å². The quantitative estimate of drug-likeness (QED) is 0.533. The van der Waals surface area contributed by atoms with E-state index in [2.05, 4.69) is 61.7 Å². The largest absolute Gasteiger partial charge is 0.354 e. The van der Waals surface area contributed by atoms with Gasteiger partial charge in [0.15, 0.2) is 5.96 Å². The number of nitrogens with one attached hydrogen (secondary N) is 2. The summed E-state index contributed by atoms with van der Waals surface area (Å²) in [4.78, 5) is 27.4. The molecule has 8 heteroatoms. The molecule has 2 aromatic rings. The Morgan fingerprint density at radius 1 is 0.969 bits per heavy atom. The number of pyridine rings is 1. The van der Waals surface area contributed by atoms with Crippen LogP contribution in [0.25, 0.3) is 0 Å². The van der Waals surface area contributed by atoms with Crippen molar-refractivity contribution in [3.63, 3.8) is 0 Å². The van der Waals surface area contributed by atoms with Crippen LogP contribution in [0.1, 0.15) is 24.0 Å². The number of carbonyl (C=O) groups is 1. The number of hydrogen-bond acceptors (Lipinski definition) is 5. The summed E-state index contributed by atoms with van der Waals surface area (Å²) in [5, 5.41) is 6.69. The summed E-state index contributed by atoms with van der Waals surface area (Å²) in [6.45, 7) is 6.33. The van der Waals surface area contributed by atoms with Crippen LogP contribution in [0, 0.1) is 0 Å². The zero-order valence-corrected chi connectivity index (χ0v) is 19.0. The molecule has 4 rings (SSSR count). The summed E-state index contributed by atoms with van der Waals surface area (Å²) in [7, 11) is 3.93. The highest BCUT2D eigenvalue weighted by Crippen LogP contribution is 2.21. The molecule has 170 valence electrons. The SMILES string of the molecule is CN=C(NCc1ccc(N2CCCC2=O)cc1)NCc1ccc(N2CCN(C)CC2)nc1. The zero-order valence-electron chi connectivity index (χ0n) is 19.0. The molecule has 0 unspecified atom stereocenters. The lowest BCUT2D eigenvalue weighted by molar-refractivity contribution is -0.117. The van der Waals surface area contributed by atoms with Crippen LogP contribution in [0.2, 0.25) is 0 Å². The molecule has 0 radical (unpaired) electrons. The van der Waals surface area contributed by atoms with Crippen LogP contribution in [0.3, 0.4) is 0 Å². The first-order valence-corrected chi connectivity index (χ1v) is 11.3. The number of anilines is 2. The maximum atomic E-state index is 11.9. The van der Waals surface area contributed by atoms with Crippen molar-refractivity contribution in [3.8, 4) is 0 Å². The van der Waals surface area contributed by atoms with Gasteiger partial charge >= 0.3 is 0 Å². The molecule has 2 fully saturated rings. The molecule has 0 spiro atoms. The van der Waals surface area contributed by atoms with E-state index in [4.69, 9.17) is 0 Å². The fraction of sp³-hybridized carbons (Fsp3) is 0.458. The number of aromatic nitrogens is 1. The monoisotopic (exact) mass is 435 g/mol. The Bertz CT molecular complexity index is 918. The van der Waals surface area contributed by atoms with Crippen LogP contribution in [-0.2, 0) is 17.9 Å². The van der Waals surface area contributed by atoms with Crippen molar-refractivity contribution >= 4 is 23.4 Å². The molecule has 0 bridgehead atoms. The summed E-state index contributed by atoms with van der Waals surface area (Å²) in [5.74, 6) is 2.00. The summed E-state index contributed by atoms with van der Waals surface area (Å²) in [6, 6.07) is 12.4. The number of aliphatic imine (C=N–C) groups is 1. The Kier molecular flexibility index (Phi) is 7.21. The first-order chi connectivity index (χ1) is 15.6. The van der Waals surface area contributed by atoms with Crippen molar-refractivity contribution in [1.29, 1.82) is 0 Å². The van der Waals surface area contributed by atoms with Crippen LogP contribution < -0.4 is 20.4 Å². The third-order valence-electron chi connectivity index (χ3n) is 6.10. The molecule has 0 aliphatic carbocycles. The Morgan fingerprint density at radius 3 is 2.25 bits per heavy atom. The fourth-order valence-electron chi connectivity index (χ4n) is 4.05. The molecule has 8 nitrogen and oxygen atoms in total. The minimum atomic E-state index is 0.214. The maximum Gasteiger partial charge on any atom is 0.227 e. The number of guanidine groups is 1. The van der Waals surface area contributed by atoms with E-state index in [1.165, 1.54) is 0 Å². The number of hydrogen-bond donors (Lipinski definition) is 2. The van der Waals surface area contributed by atoms with Gasteiger partial charge in [-0.25, -0.2) is 4.98 Å². The Morgan fingerprint density at radius 2 is 1.66 bits per heavy atom. The second-order valence-corrected chi connectivity index (χ2v) is 8.41. The Hall–Kier alpha value is -3.13. The number of likely N-dealkylation sites (N-methyl/N-ethyl adjacent to an activating group) is 1. The molecular weight excluding hydrogens is 402 g/mol. The fourth-order valence-corrected chi connectivity index (χ4v) is 4.05. The Labute approximate surface area is 190 Å². The van der Waals surface area contributed by atoms with E-state index >= 15 is 0 Å². The third-order valence-corrected chi connectivity index (χ3v) is 6.10. The van der Waals surface area contributed by atoms with Gasteiger partial charge in [0.25, 0.3) is 0 Å². The van der Waals surface area contributed by atoms with Gasteiger partial charge in [-0.15, -0.1) is 0 Å². The predicted octanol–water partition coefficient (Wildman–Crippen LogP) is 1.83. The van der Waals surface area contributed by atoms with Crippen LogP contribution in [0.15, 0.2) is 47.6 Å². The average molecular weight is 436 g/mol. The third kappa shape index (κ3) is 5.56. The second-order valence-electron chi connectivity index (χ2n) is 8.41. The summed E-state index contributed by atoms with van der Waals surface area (Å²) in [6.07, 6.45) is 3.53. The standard InChI is InChI=1S/C24H33N7O/c1-25-24(27-16-19-5-8-21(9-6-19)31-11-3-4-23(31)32)28-18-20-7-10-22(26-17-20)30-14-12-29(2)13-15-30/h5-10,17H,3-4,11-16,18H2,1-2H3,(H2,25,27,28). The number of benzene rings is 1. The van der Waals surface area contributed by atoms with Crippen LogP contribution in [0.5, 0.6) is 0 Å². The van der Waals surface area contributed by atoms with Gasteiger partial charge in [-0.3, -0.25) is 9.79 Å². The highest BCUT2D eigenvalue weighted by Gasteiger charge is 2.21. The first-order valence-electron chi connectivity index (χ1n) is 11.3. The van der Waals surface area contributed by atoms with Gasteiger partial charge in [-0.1, -0.05) is 18.2 Å². The van der Waals surface area contributed by atoms with Gasteiger partial charge in [-0.2, -0.15) is 0 Å². The lowest BCUT2D eigenvalue weighted by Gasteiger charge is -2.33. The number of carbonyl (C=O) groups excluding carboxylic acids is 1. The molecule has 32 heavy (non-hydrogen) atoms. The van der Waals surface area contributed by atoms with Crippen molar-refractivity contribution in [3.05, 3.63) is 53.7 Å². The number of amides is 1. The van der Waals surface area contributed by atoms with Gasteiger partial charge in [0.05, 0.1) is 0 Å². The highest BCUT2D eigenvalue weighted by molar-refractivity contribution is 5.95. The van der Waals surface area contributed by atoms with Crippen LogP contribution >= 0.6 is 0 Å². The molecule has 2 aliphatic rings. The van der Waals surface area contributed by atoms with E-state index in [0.717, 1.165) is 67.7 Å². The summed E-state index contributed by atoms with van der Waals surface area (Å²) < 4.78 is 0. The van der Waals surface area contributed by atoms with E-state index in [0.29, 0.717) is 19.5 Å².